The van der Waals surface area contributed by atoms with Crippen molar-refractivity contribution in [3.63, 3.8) is 0 Å². The third-order valence-corrected chi connectivity index (χ3v) is 7.83. The molecule has 2 aliphatic rings. The Balaban J connectivity index is 1.60. The maximum atomic E-state index is 13.8. The molecule has 0 radical (unpaired) electrons. The average molecular weight is 436 g/mol. The van der Waals surface area contributed by atoms with Crippen LogP contribution in [-0.2, 0) is 11.3 Å². The van der Waals surface area contributed by atoms with E-state index in [-0.39, 0.29) is 17.9 Å². The SMILES string of the molecule is CC(C)c1ccc(N2C(=O)c3cc4ccsc4n3CC2(C)C(=O)NC2CCCC2)cc1. The maximum Gasteiger partial charge on any atom is 0.275 e. The molecule has 2 aromatic heterocycles. The van der Waals surface area contributed by atoms with E-state index in [2.05, 4.69) is 31.3 Å². The number of nitrogens with zero attached hydrogens (tertiary/aromatic N) is 2. The highest BCUT2D eigenvalue weighted by atomic mass is 32.1. The molecule has 1 fully saturated rings. The van der Waals surface area contributed by atoms with E-state index in [1.54, 1.807) is 16.2 Å². The number of carbonyl (C=O) groups is 2. The Bertz CT molecular complexity index is 1140. The van der Waals surface area contributed by atoms with E-state index < -0.39 is 5.54 Å². The first kappa shape index (κ1) is 20.3. The van der Waals surface area contributed by atoms with Gasteiger partial charge in [0.25, 0.3) is 5.91 Å². The molecule has 3 heterocycles. The number of fused-ring (bicyclic) bond motifs is 3. The number of nitrogens with one attached hydrogen (secondary N) is 1. The summed E-state index contributed by atoms with van der Waals surface area (Å²) < 4.78 is 2.04. The summed E-state index contributed by atoms with van der Waals surface area (Å²) in [6.45, 7) is 6.66. The van der Waals surface area contributed by atoms with Crippen LogP contribution in [0.4, 0.5) is 5.69 Å². The van der Waals surface area contributed by atoms with Crippen LogP contribution in [0.25, 0.3) is 10.2 Å². The number of carbonyl (C=O) groups excluding carboxylic acids is 2. The van der Waals surface area contributed by atoms with Crippen molar-refractivity contribution in [2.45, 2.75) is 70.5 Å². The molecule has 0 spiro atoms. The summed E-state index contributed by atoms with van der Waals surface area (Å²) in [6.07, 6.45) is 4.34. The molecule has 1 aliphatic carbocycles. The smallest absolute Gasteiger partial charge is 0.275 e. The zero-order chi connectivity index (χ0) is 21.8. The van der Waals surface area contributed by atoms with Gasteiger partial charge in [0.2, 0.25) is 5.91 Å². The number of hydrogen-bond acceptors (Lipinski definition) is 3. The molecule has 6 heteroatoms. The van der Waals surface area contributed by atoms with Crippen LogP contribution in [0.1, 0.15) is 68.4 Å². The van der Waals surface area contributed by atoms with E-state index in [1.165, 1.54) is 5.56 Å². The number of rotatable bonds is 4. The second kappa shape index (κ2) is 7.52. The van der Waals surface area contributed by atoms with E-state index in [1.807, 2.05) is 41.1 Å². The molecule has 1 unspecified atom stereocenters. The predicted molar refractivity (Wildman–Crippen MR) is 126 cm³/mol. The first-order chi connectivity index (χ1) is 14.9. The van der Waals surface area contributed by atoms with Gasteiger partial charge >= 0.3 is 0 Å². The van der Waals surface area contributed by atoms with Gasteiger partial charge in [0, 0.05) is 17.1 Å². The quantitative estimate of drug-likeness (QED) is 0.604. The summed E-state index contributed by atoms with van der Waals surface area (Å²) in [5.41, 5.74) is 1.64. The second-order valence-corrected chi connectivity index (χ2v) is 10.3. The average Bonchev–Trinajstić information content (AvgIpc) is 3.47. The minimum absolute atomic E-state index is 0.0651. The van der Waals surface area contributed by atoms with Crippen LogP contribution in [0.3, 0.4) is 0 Å². The van der Waals surface area contributed by atoms with Crippen molar-refractivity contribution in [1.29, 1.82) is 0 Å². The number of hydrogen-bond donors (Lipinski definition) is 1. The monoisotopic (exact) mass is 435 g/mol. The largest absolute Gasteiger partial charge is 0.351 e. The van der Waals surface area contributed by atoms with Crippen LogP contribution in [-0.4, -0.2) is 28.0 Å². The Kier molecular flexibility index (Phi) is 4.93. The molecular weight excluding hydrogens is 406 g/mol. The van der Waals surface area contributed by atoms with Crippen LogP contribution in [0.5, 0.6) is 0 Å². The predicted octanol–water partition coefficient (Wildman–Crippen LogP) is 5.30. The minimum Gasteiger partial charge on any atom is -0.351 e. The molecule has 0 saturated heterocycles. The molecule has 1 N–H and O–H groups in total. The van der Waals surface area contributed by atoms with Crippen molar-refractivity contribution in [3.05, 3.63) is 53.0 Å². The standard InChI is InChI=1S/C25H29N3O2S/c1-16(2)17-8-10-20(11-9-17)28-22(29)21-14-18-12-13-31-23(18)27(21)15-25(28,3)24(30)26-19-6-4-5-7-19/h8-14,16,19H,4-7,15H2,1-3H3,(H,26,30). The third kappa shape index (κ3) is 3.28. The van der Waals surface area contributed by atoms with E-state index in [4.69, 9.17) is 0 Å². The van der Waals surface area contributed by atoms with Gasteiger partial charge in [0.15, 0.2) is 0 Å². The van der Waals surface area contributed by atoms with Gasteiger partial charge in [0.05, 0.1) is 6.54 Å². The highest BCUT2D eigenvalue weighted by Crippen LogP contribution is 2.38. The van der Waals surface area contributed by atoms with Crippen molar-refractivity contribution in [3.8, 4) is 0 Å². The van der Waals surface area contributed by atoms with Crippen molar-refractivity contribution in [2.75, 3.05) is 4.90 Å². The molecular formula is C25H29N3O2S. The highest BCUT2D eigenvalue weighted by Gasteiger charge is 2.49. The van der Waals surface area contributed by atoms with Gasteiger partial charge in [-0.1, -0.05) is 38.8 Å². The summed E-state index contributed by atoms with van der Waals surface area (Å²) in [7, 11) is 0. The summed E-state index contributed by atoms with van der Waals surface area (Å²) in [5.74, 6) is 0.230. The van der Waals surface area contributed by atoms with Crippen LogP contribution in [0.2, 0.25) is 0 Å². The fourth-order valence-corrected chi connectivity index (χ4v) is 5.92. The van der Waals surface area contributed by atoms with E-state index in [0.29, 0.717) is 18.2 Å². The van der Waals surface area contributed by atoms with Gasteiger partial charge < -0.3 is 9.88 Å². The molecule has 1 saturated carbocycles. The number of amides is 2. The molecule has 3 aromatic rings. The molecule has 31 heavy (non-hydrogen) atoms. The number of aromatic nitrogens is 1. The Morgan fingerprint density at radius 1 is 1.16 bits per heavy atom. The second-order valence-electron chi connectivity index (χ2n) is 9.41. The molecule has 5 nitrogen and oxygen atoms in total. The lowest BCUT2D eigenvalue weighted by Gasteiger charge is -2.44. The summed E-state index contributed by atoms with van der Waals surface area (Å²) >= 11 is 1.62. The highest BCUT2D eigenvalue weighted by molar-refractivity contribution is 7.16. The van der Waals surface area contributed by atoms with Crippen LogP contribution >= 0.6 is 11.3 Å². The summed E-state index contributed by atoms with van der Waals surface area (Å²) in [6, 6.07) is 12.3. The van der Waals surface area contributed by atoms with Crippen LogP contribution in [0, 0.1) is 0 Å². The summed E-state index contributed by atoms with van der Waals surface area (Å²) in [5, 5.41) is 6.36. The molecule has 162 valence electrons. The molecule has 1 atom stereocenters. The number of anilines is 1. The fraction of sp³-hybridized carbons (Fsp3) is 0.440. The zero-order valence-electron chi connectivity index (χ0n) is 18.4. The lowest BCUT2D eigenvalue weighted by Crippen LogP contribution is -2.65. The minimum atomic E-state index is -0.998. The number of benzene rings is 1. The van der Waals surface area contributed by atoms with Gasteiger partial charge in [0.1, 0.15) is 16.1 Å². The normalized spacial score (nSPS) is 21.8. The zero-order valence-corrected chi connectivity index (χ0v) is 19.2. The Hall–Kier alpha value is -2.60. The Labute approximate surface area is 187 Å². The fourth-order valence-electron chi connectivity index (χ4n) is 5.02. The maximum absolute atomic E-state index is 13.8. The third-order valence-electron chi connectivity index (χ3n) is 6.88. The Morgan fingerprint density at radius 2 is 1.87 bits per heavy atom. The molecule has 1 aliphatic heterocycles. The van der Waals surface area contributed by atoms with Crippen LogP contribution < -0.4 is 10.2 Å². The Morgan fingerprint density at radius 3 is 2.55 bits per heavy atom. The molecule has 5 rings (SSSR count). The van der Waals surface area contributed by atoms with Gasteiger partial charge in [-0.3, -0.25) is 14.5 Å². The lowest BCUT2D eigenvalue weighted by atomic mass is 9.92. The first-order valence-electron chi connectivity index (χ1n) is 11.2. The van der Waals surface area contributed by atoms with Crippen molar-refractivity contribution in [1.82, 2.24) is 9.88 Å². The lowest BCUT2D eigenvalue weighted by molar-refractivity contribution is -0.127. The van der Waals surface area contributed by atoms with E-state index in [9.17, 15) is 9.59 Å². The van der Waals surface area contributed by atoms with Gasteiger partial charge in [-0.2, -0.15) is 0 Å². The van der Waals surface area contributed by atoms with E-state index >= 15 is 0 Å². The van der Waals surface area contributed by atoms with Crippen LogP contribution in [0.15, 0.2) is 41.8 Å². The topological polar surface area (TPSA) is 54.3 Å². The van der Waals surface area contributed by atoms with Gasteiger partial charge in [-0.05, 0) is 60.9 Å². The van der Waals surface area contributed by atoms with Gasteiger partial charge in [-0.15, -0.1) is 11.3 Å². The van der Waals surface area contributed by atoms with Gasteiger partial charge in [-0.25, -0.2) is 0 Å². The molecule has 0 bridgehead atoms. The summed E-state index contributed by atoms with van der Waals surface area (Å²) in [4.78, 5) is 30.2. The molecule has 1 aromatic carbocycles. The van der Waals surface area contributed by atoms with Crippen molar-refractivity contribution < 1.29 is 9.59 Å². The van der Waals surface area contributed by atoms with Crippen molar-refractivity contribution in [2.24, 2.45) is 0 Å². The number of thiophene rings is 1. The molecule has 2 amide bonds. The van der Waals surface area contributed by atoms with E-state index in [0.717, 1.165) is 41.6 Å². The van der Waals surface area contributed by atoms with Crippen molar-refractivity contribution >= 4 is 39.1 Å². The first-order valence-corrected chi connectivity index (χ1v) is 12.1.